The van der Waals surface area contributed by atoms with Crippen molar-refractivity contribution < 1.29 is 29.0 Å². The van der Waals surface area contributed by atoms with Gasteiger partial charge in [-0.15, -0.1) is 0 Å². The lowest BCUT2D eigenvalue weighted by molar-refractivity contribution is -0.141. The van der Waals surface area contributed by atoms with Crippen LogP contribution in [0.15, 0.2) is 48.5 Å². The van der Waals surface area contributed by atoms with Crippen molar-refractivity contribution in [3.05, 3.63) is 59.7 Å². The minimum absolute atomic E-state index is 0.0981. The number of carbonyl (C=O) groups is 3. The third-order valence-corrected chi connectivity index (χ3v) is 6.46. The summed E-state index contributed by atoms with van der Waals surface area (Å²) in [6, 6.07) is 14.8. The van der Waals surface area contributed by atoms with Gasteiger partial charge in [-0.3, -0.25) is 0 Å². The van der Waals surface area contributed by atoms with E-state index in [1.165, 1.54) is 4.90 Å². The molecule has 0 aromatic heterocycles. The number of aliphatic carboxylic acids is 1. The molecular formula is C27H32N2O6. The highest BCUT2D eigenvalue weighted by Gasteiger charge is 2.37. The molecule has 2 N–H and O–H groups in total. The molecule has 1 aliphatic carbocycles. The third kappa shape index (κ3) is 5.58. The van der Waals surface area contributed by atoms with Crippen LogP contribution >= 0.6 is 0 Å². The van der Waals surface area contributed by atoms with Crippen molar-refractivity contribution in [2.24, 2.45) is 5.92 Å². The van der Waals surface area contributed by atoms with Crippen LogP contribution in [0.1, 0.15) is 50.7 Å². The minimum atomic E-state index is -1.17. The largest absolute Gasteiger partial charge is 0.480 e. The van der Waals surface area contributed by atoms with Crippen LogP contribution in [0.3, 0.4) is 0 Å². The van der Waals surface area contributed by atoms with Gasteiger partial charge < -0.3 is 24.8 Å². The molecule has 0 saturated carbocycles. The van der Waals surface area contributed by atoms with Gasteiger partial charge in [0.2, 0.25) is 0 Å². The van der Waals surface area contributed by atoms with Gasteiger partial charge in [-0.25, -0.2) is 14.4 Å². The summed E-state index contributed by atoms with van der Waals surface area (Å²) >= 11 is 0. The summed E-state index contributed by atoms with van der Waals surface area (Å²) in [5, 5.41) is 12.3. The Morgan fingerprint density at radius 2 is 1.66 bits per heavy atom. The Kier molecular flexibility index (Phi) is 7.00. The number of carboxylic acids is 1. The van der Waals surface area contributed by atoms with E-state index >= 15 is 0 Å². The van der Waals surface area contributed by atoms with Crippen molar-refractivity contribution in [2.45, 2.75) is 51.2 Å². The first kappa shape index (κ1) is 24.6. The predicted octanol–water partition coefficient (Wildman–Crippen LogP) is 4.63. The van der Waals surface area contributed by atoms with Gasteiger partial charge >= 0.3 is 18.2 Å². The lowest BCUT2D eigenvalue weighted by Crippen LogP contribution is -2.53. The van der Waals surface area contributed by atoms with Gasteiger partial charge in [0.25, 0.3) is 0 Å². The van der Waals surface area contributed by atoms with Gasteiger partial charge in [0.15, 0.2) is 0 Å². The van der Waals surface area contributed by atoms with E-state index in [2.05, 4.69) is 5.32 Å². The van der Waals surface area contributed by atoms with Crippen LogP contribution in [0.5, 0.6) is 0 Å². The molecule has 186 valence electrons. The number of nitrogens with one attached hydrogen (secondary N) is 1. The number of piperidine rings is 1. The van der Waals surface area contributed by atoms with Crippen LogP contribution in [0.2, 0.25) is 0 Å². The van der Waals surface area contributed by atoms with E-state index in [0.717, 1.165) is 22.3 Å². The fourth-order valence-corrected chi connectivity index (χ4v) is 4.92. The van der Waals surface area contributed by atoms with Crippen molar-refractivity contribution in [3.8, 4) is 11.1 Å². The van der Waals surface area contributed by atoms with Crippen LogP contribution in [-0.2, 0) is 14.3 Å². The van der Waals surface area contributed by atoms with E-state index in [1.807, 2.05) is 48.5 Å². The Morgan fingerprint density at radius 3 is 2.23 bits per heavy atom. The zero-order valence-electron chi connectivity index (χ0n) is 20.3. The molecule has 0 spiro atoms. The third-order valence-electron chi connectivity index (χ3n) is 6.46. The number of likely N-dealkylation sites (tertiary alicyclic amines) is 1. The van der Waals surface area contributed by atoms with E-state index < -0.39 is 35.7 Å². The summed E-state index contributed by atoms with van der Waals surface area (Å²) in [5.74, 6) is -1.72. The van der Waals surface area contributed by atoms with Crippen LogP contribution in [0.25, 0.3) is 11.1 Å². The number of ether oxygens (including phenoxy) is 2. The maximum Gasteiger partial charge on any atom is 0.410 e. The number of amides is 2. The number of fused-ring (bicyclic) bond motifs is 3. The second-order valence-corrected chi connectivity index (χ2v) is 10.1. The van der Waals surface area contributed by atoms with Gasteiger partial charge in [-0.1, -0.05) is 48.5 Å². The van der Waals surface area contributed by atoms with Gasteiger partial charge in [0.05, 0.1) is 0 Å². The Hall–Kier alpha value is -3.55. The first-order valence-electron chi connectivity index (χ1n) is 12.0. The highest BCUT2D eigenvalue weighted by Crippen LogP contribution is 2.44. The fourth-order valence-electron chi connectivity index (χ4n) is 4.92. The van der Waals surface area contributed by atoms with Crippen LogP contribution < -0.4 is 5.32 Å². The molecule has 8 nitrogen and oxygen atoms in total. The summed E-state index contributed by atoms with van der Waals surface area (Å²) in [6.07, 6.45) is -0.0684. The predicted molar refractivity (Wildman–Crippen MR) is 130 cm³/mol. The smallest absolute Gasteiger partial charge is 0.410 e. The molecule has 1 heterocycles. The number of hydrogen-bond donors (Lipinski definition) is 2. The molecule has 0 radical (unpaired) electrons. The number of rotatable bonds is 5. The summed E-state index contributed by atoms with van der Waals surface area (Å²) in [7, 11) is 0. The zero-order valence-corrected chi connectivity index (χ0v) is 20.3. The van der Waals surface area contributed by atoms with E-state index in [9.17, 15) is 19.5 Å². The Bertz CT molecular complexity index is 1060. The molecule has 2 aliphatic rings. The SMILES string of the molecule is CC(C)(C)OC(=O)N1CCC[C@@H]([C@H](NC(=O)OCC2c3ccccc3-c3ccccc32)C(=O)O)C1. The number of alkyl carbamates (subject to hydrolysis) is 1. The van der Waals surface area contributed by atoms with E-state index in [-0.39, 0.29) is 19.1 Å². The number of carbonyl (C=O) groups excluding carboxylic acids is 2. The molecule has 1 aliphatic heterocycles. The van der Waals surface area contributed by atoms with E-state index in [1.54, 1.807) is 20.8 Å². The first-order valence-corrected chi connectivity index (χ1v) is 12.0. The van der Waals surface area contributed by atoms with Crippen LogP contribution in [-0.4, -0.2) is 59.5 Å². The van der Waals surface area contributed by atoms with Crippen molar-refractivity contribution in [3.63, 3.8) is 0 Å². The zero-order chi connectivity index (χ0) is 25.2. The molecule has 35 heavy (non-hydrogen) atoms. The number of benzene rings is 2. The summed E-state index contributed by atoms with van der Waals surface area (Å²) in [5.41, 5.74) is 3.75. The topological polar surface area (TPSA) is 105 Å². The molecular weight excluding hydrogens is 448 g/mol. The molecule has 1 saturated heterocycles. The normalized spacial score (nSPS) is 18.3. The molecule has 2 aromatic rings. The highest BCUT2D eigenvalue weighted by molar-refractivity contribution is 5.81. The molecule has 0 unspecified atom stereocenters. The molecule has 2 atom stereocenters. The average Bonchev–Trinajstić information content (AvgIpc) is 3.14. The van der Waals surface area contributed by atoms with Crippen molar-refractivity contribution in [1.29, 1.82) is 0 Å². The molecule has 2 amide bonds. The lowest BCUT2D eigenvalue weighted by Gasteiger charge is -2.36. The van der Waals surface area contributed by atoms with Crippen LogP contribution in [0, 0.1) is 5.92 Å². The second kappa shape index (κ2) is 9.98. The monoisotopic (exact) mass is 480 g/mol. The lowest BCUT2D eigenvalue weighted by atomic mass is 9.91. The fraction of sp³-hybridized carbons (Fsp3) is 0.444. The van der Waals surface area contributed by atoms with Gasteiger partial charge in [0, 0.05) is 24.9 Å². The summed E-state index contributed by atoms with van der Waals surface area (Å²) < 4.78 is 11.0. The standard InChI is InChI=1S/C27H32N2O6/c1-27(2,3)35-26(33)29-14-8-9-17(15-29)23(24(30)31)28-25(32)34-16-22-20-12-6-4-10-18(20)19-11-5-7-13-21(19)22/h4-7,10-13,17,22-23H,8-9,14-16H2,1-3H3,(H,28,32)(H,30,31)/t17-,23+/m1/s1. The van der Waals surface area contributed by atoms with E-state index in [4.69, 9.17) is 9.47 Å². The maximum atomic E-state index is 12.7. The number of carboxylic acid groups (broad SMARTS) is 1. The minimum Gasteiger partial charge on any atom is -0.480 e. The molecule has 0 bridgehead atoms. The summed E-state index contributed by atoms with van der Waals surface area (Å²) in [6.45, 7) is 6.13. The molecule has 4 rings (SSSR count). The van der Waals surface area contributed by atoms with Crippen molar-refractivity contribution in [1.82, 2.24) is 10.2 Å². The van der Waals surface area contributed by atoms with E-state index in [0.29, 0.717) is 19.4 Å². The molecule has 1 fully saturated rings. The Morgan fingerprint density at radius 1 is 1.06 bits per heavy atom. The maximum absolute atomic E-state index is 12.7. The highest BCUT2D eigenvalue weighted by atomic mass is 16.6. The van der Waals surface area contributed by atoms with Gasteiger partial charge in [-0.2, -0.15) is 0 Å². The number of hydrogen-bond acceptors (Lipinski definition) is 5. The second-order valence-electron chi connectivity index (χ2n) is 10.1. The van der Waals surface area contributed by atoms with Gasteiger partial charge in [0.1, 0.15) is 18.2 Å². The number of nitrogens with zero attached hydrogens (tertiary/aromatic N) is 1. The van der Waals surface area contributed by atoms with Crippen molar-refractivity contribution >= 4 is 18.2 Å². The molecule has 2 aromatic carbocycles. The average molecular weight is 481 g/mol. The summed E-state index contributed by atoms with van der Waals surface area (Å²) in [4.78, 5) is 38.7. The first-order chi connectivity index (χ1) is 16.6. The van der Waals surface area contributed by atoms with Crippen LogP contribution in [0.4, 0.5) is 9.59 Å². The quantitative estimate of drug-likeness (QED) is 0.647. The van der Waals surface area contributed by atoms with Crippen molar-refractivity contribution in [2.75, 3.05) is 19.7 Å². The Labute approximate surface area is 205 Å². The van der Waals surface area contributed by atoms with Gasteiger partial charge in [-0.05, 0) is 55.9 Å². The Balaban J connectivity index is 1.39. The molecule has 8 heteroatoms.